The van der Waals surface area contributed by atoms with Crippen LogP contribution in [-0.2, 0) is 16.1 Å². The molecule has 0 bridgehead atoms. The second kappa shape index (κ2) is 9.12. The van der Waals surface area contributed by atoms with Gasteiger partial charge in [-0.3, -0.25) is 19.5 Å². The highest BCUT2D eigenvalue weighted by Gasteiger charge is 2.32. The molecule has 1 aromatic rings. The Morgan fingerprint density at radius 2 is 2.00 bits per heavy atom. The summed E-state index contributed by atoms with van der Waals surface area (Å²) in [7, 11) is 0. The van der Waals surface area contributed by atoms with Crippen LogP contribution in [0, 0.1) is 5.92 Å². The van der Waals surface area contributed by atoms with Crippen LogP contribution in [0.4, 0.5) is 0 Å². The van der Waals surface area contributed by atoms with Crippen molar-refractivity contribution in [1.82, 2.24) is 20.1 Å². The summed E-state index contributed by atoms with van der Waals surface area (Å²) >= 11 is 0. The molecule has 3 rings (SSSR count). The molecular weight excluding hydrogens is 328 g/mol. The van der Waals surface area contributed by atoms with Crippen LogP contribution in [0.1, 0.15) is 44.7 Å². The van der Waals surface area contributed by atoms with Crippen molar-refractivity contribution in [3.8, 4) is 0 Å². The van der Waals surface area contributed by atoms with Gasteiger partial charge in [0.25, 0.3) is 0 Å². The number of likely N-dealkylation sites (tertiary alicyclic amines) is 2. The fraction of sp³-hybridized carbons (Fsp3) is 0.650. The largest absolute Gasteiger partial charge is 0.350 e. The topological polar surface area (TPSA) is 65.5 Å². The molecule has 2 amide bonds. The van der Waals surface area contributed by atoms with Gasteiger partial charge in [-0.1, -0.05) is 13.0 Å². The Kier molecular flexibility index (Phi) is 6.61. The Labute approximate surface area is 156 Å². The fourth-order valence-corrected chi connectivity index (χ4v) is 4.08. The molecule has 2 aliphatic rings. The monoisotopic (exact) mass is 358 g/mol. The fourth-order valence-electron chi connectivity index (χ4n) is 4.08. The number of carbonyl (C=O) groups excluding carboxylic acids is 2. The van der Waals surface area contributed by atoms with Crippen molar-refractivity contribution < 1.29 is 9.59 Å². The molecule has 0 saturated carbocycles. The van der Waals surface area contributed by atoms with Crippen LogP contribution < -0.4 is 5.32 Å². The number of aromatic nitrogens is 1. The molecule has 1 aromatic heterocycles. The van der Waals surface area contributed by atoms with Crippen LogP contribution in [0.25, 0.3) is 0 Å². The standard InChI is InChI=1S/C20H30N4O2/c1-2-19(25)23-12-8-18(9-13-23)24-11-5-6-16(15-24)20(26)22-14-17-7-3-4-10-21-17/h3-4,7,10,16,18H,2,5-6,8-9,11-15H2,1H3,(H,22,26)/t16-/m0/s1. The first-order valence-electron chi connectivity index (χ1n) is 9.86. The third-order valence-corrected chi connectivity index (χ3v) is 5.63. The van der Waals surface area contributed by atoms with Crippen LogP contribution in [-0.4, -0.2) is 58.8 Å². The number of amides is 2. The van der Waals surface area contributed by atoms with E-state index in [1.165, 1.54) is 0 Å². The predicted molar refractivity (Wildman–Crippen MR) is 100 cm³/mol. The van der Waals surface area contributed by atoms with Crippen molar-refractivity contribution in [1.29, 1.82) is 0 Å². The van der Waals surface area contributed by atoms with Gasteiger partial charge in [0.1, 0.15) is 0 Å². The SMILES string of the molecule is CCC(=O)N1CCC(N2CCC[C@H](C(=O)NCc3ccccn3)C2)CC1. The molecular formula is C20H30N4O2. The van der Waals surface area contributed by atoms with Crippen molar-refractivity contribution in [3.05, 3.63) is 30.1 Å². The molecule has 1 atom stereocenters. The van der Waals surface area contributed by atoms with Crippen LogP contribution in [0.3, 0.4) is 0 Å². The molecule has 3 heterocycles. The molecule has 0 aliphatic carbocycles. The minimum Gasteiger partial charge on any atom is -0.350 e. The smallest absolute Gasteiger partial charge is 0.224 e. The van der Waals surface area contributed by atoms with Gasteiger partial charge in [0.2, 0.25) is 11.8 Å². The molecule has 1 N–H and O–H groups in total. The third kappa shape index (κ3) is 4.81. The Balaban J connectivity index is 1.46. The molecule has 0 aromatic carbocycles. The summed E-state index contributed by atoms with van der Waals surface area (Å²) < 4.78 is 0. The highest BCUT2D eigenvalue weighted by molar-refractivity contribution is 5.79. The summed E-state index contributed by atoms with van der Waals surface area (Å²) in [5.74, 6) is 0.454. The number of rotatable bonds is 5. The first kappa shape index (κ1) is 18.8. The van der Waals surface area contributed by atoms with Gasteiger partial charge in [0.15, 0.2) is 0 Å². The van der Waals surface area contributed by atoms with Crippen molar-refractivity contribution in [2.45, 2.75) is 51.6 Å². The van der Waals surface area contributed by atoms with E-state index in [2.05, 4.69) is 15.2 Å². The maximum Gasteiger partial charge on any atom is 0.224 e. The number of pyridine rings is 1. The first-order valence-corrected chi connectivity index (χ1v) is 9.86. The highest BCUT2D eigenvalue weighted by Crippen LogP contribution is 2.24. The van der Waals surface area contributed by atoms with Crippen LogP contribution in [0.2, 0.25) is 0 Å². The molecule has 0 spiro atoms. The summed E-state index contributed by atoms with van der Waals surface area (Å²) in [4.78, 5) is 33.1. The molecule has 26 heavy (non-hydrogen) atoms. The second-order valence-corrected chi connectivity index (χ2v) is 7.34. The summed E-state index contributed by atoms with van der Waals surface area (Å²) in [5, 5.41) is 3.04. The first-order chi connectivity index (χ1) is 12.7. The molecule has 6 nitrogen and oxygen atoms in total. The van der Waals surface area contributed by atoms with Gasteiger partial charge < -0.3 is 10.2 Å². The number of hydrogen-bond donors (Lipinski definition) is 1. The lowest BCUT2D eigenvalue weighted by Crippen LogP contribution is -2.51. The zero-order valence-electron chi connectivity index (χ0n) is 15.7. The summed E-state index contributed by atoms with van der Waals surface area (Å²) in [6.07, 6.45) is 6.40. The van der Waals surface area contributed by atoms with E-state index in [0.29, 0.717) is 19.0 Å². The van der Waals surface area contributed by atoms with Crippen molar-refractivity contribution in [2.75, 3.05) is 26.2 Å². The molecule has 2 fully saturated rings. The average Bonchev–Trinajstić information content (AvgIpc) is 2.72. The maximum absolute atomic E-state index is 12.6. The highest BCUT2D eigenvalue weighted by atomic mass is 16.2. The van der Waals surface area contributed by atoms with Gasteiger partial charge in [0.05, 0.1) is 18.2 Å². The van der Waals surface area contributed by atoms with Gasteiger partial charge in [-0.15, -0.1) is 0 Å². The number of nitrogens with zero attached hydrogens (tertiary/aromatic N) is 3. The van der Waals surface area contributed by atoms with Crippen molar-refractivity contribution >= 4 is 11.8 Å². The minimum absolute atomic E-state index is 0.0581. The van der Waals surface area contributed by atoms with Crippen molar-refractivity contribution in [3.63, 3.8) is 0 Å². The molecule has 6 heteroatoms. The van der Waals surface area contributed by atoms with Gasteiger partial charge >= 0.3 is 0 Å². The number of carbonyl (C=O) groups is 2. The zero-order valence-corrected chi connectivity index (χ0v) is 15.7. The third-order valence-electron chi connectivity index (χ3n) is 5.63. The Hall–Kier alpha value is -1.95. The van der Waals surface area contributed by atoms with E-state index in [1.54, 1.807) is 6.20 Å². The zero-order chi connectivity index (χ0) is 18.4. The van der Waals surface area contributed by atoms with E-state index >= 15 is 0 Å². The molecule has 142 valence electrons. The van der Waals surface area contributed by atoms with Gasteiger partial charge in [-0.05, 0) is 44.4 Å². The average molecular weight is 358 g/mol. The Morgan fingerprint density at radius 3 is 2.69 bits per heavy atom. The molecule has 0 unspecified atom stereocenters. The van der Waals surface area contributed by atoms with Crippen LogP contribution in [0.15, 0.2) is 24.4 Å². The van der Waals surface area contributed by atoms with E-state index in [1.807, 2.05) is 30.0 Å². The lowest BCUT2D eigenvalue weighted by molar-refractivity contribution is -0.132. The maximum atomic E-state index is 12.6. The summed E-state index contributed by atoms with van der Waals surface area (Å²) in [5.41, 5.74) is 0.890. The van der Waals surface area contributed by atoms with E-state index in [9.17, 15) is 9.59 Å². The van der Waals surface area contributed by atoms with Crippen LogP contribution in [0.5, 0.6) is 0 Å². The molecule has 2 saturated heterocycles. The van der Waals surface area contributed by atoms with Gasteiger partial charge in [-0.25, -0.2) is 0 Å². The van der Waals surface area contributed by atoms with Gasteiger partial charge in [0, 0.05) is 38.3 Å². The number of piperidine rings is 2. The minimum atomic E-state index is 0.0581. The normalized spacial score (nSPS) is 22.2. The van der Waals surface area contributed by atoms with Crippen LogP contribution >= 0.6 is 0 Å². The lowest BCUT2D eigenvalue weighted by atomic mass is 9.93. The van der Waals surface area contributed by atoms with E-state index in [4.69, 9.17) is 0 Å². The van der Waals surface area contributed by atoms with E-state index in [0.717, 1.165) is 57.6 Å². The van der Waals surface area contributed by atoms with E-state index < -0.39 is 0 Å². The Bertz CT molecular complexity index is 599. The van der Waals surface area contributed by atoms with Gasteiger partial charge in [-0.2, -0.15) is 0 Å². The molecule has 0 radical (unpaired) electrons. The number of hydrogen-bond acceptors (Lipinski definition) is 4. The molecule has 2 aliphatic heterocycles. The second-order valence-electron chi connectivity index (χ2n) is 7.34. The lowest BCUT2D eigenvalue weighted by Gasteiger charge is -2.42. The number of nitrogens with one attached hydrogen (secondary N) is 1. The van der Waals surface area contributed by atoms with E-state index in [-0.39, 0.29) is 17.7 Å². The quantitative estimate of drug-likeness (QED) is 0.872. The Morgan fingerprint density at radius 1 is 1.19 bits per heavy atom. The summed E-state index contributed by atoms with van der Waals surface area (Å²) in [6.45, 7) is 6.02. The predicted octanol–water partition coefficient (Wildman–Crippen LogP) is 1.81. The summed E-state index contributed by atoms with van der Waals surface area (Å²) in [6, 6.07) is 6.25. The van der Waals surface area contributed by atoms with Crippen molar-refractivity contribution in [2.24, 2.45) is 5.92 Å².